The maximum absolute atomic E-state index is 12.5. The SMILES string of the molecule is C/C=C\C(=O)O[C@@H]1[C@@H](O)[C@H]2OC3C=C(C)C(=O)C[C@]3(C)[C@]1(C)[C@]21CO1. The Morgan fingerprint density at radius 2 is 2.12 bits per heavy atom. The summed E-state index contributed by atoms with van der Waals surface area (Å²) in [4.78, 5) is 24.6. The molecule has 25 heavy (non-hydrogen) atoms. The van der Waals surface area contributed by atoms with E-state index in [0.717, 1.165) is 0 Å². The number of carbonyl (C=O) groups is 2. The molecule has 1 unspecified atom stereocenters. The average molecular weight is 348 g/mol. The smallest absolute Gasteiger partial charge is 0.330 e. The first-order chi connectivity index (χ1) is 11.7. The van der Waals surface area contributed by atoms with Gasteiger partial charge in [0.05, 0.1) is 12.7 Å². The highest BCUT2D eigenvalue weighted by molar-refractivity contribution is 5.96. The molecule has 1 saturated carbocycles. The Balaban J connectivity index is 1.82. The highest BCUT2D eigenvalue weighted by atomic mass is 16.6. The number of aliphatic hydroxyl groups is 1. The molecule has 2 aliphatic heterocycles. The van der Waals surface area contributed by atoms with Gasteiger partial charge in [-0.15, -0.1) is 0 Å². The topological polar surface area (TPSA) is 85.4 Å². The van der Waals surface area contributed by atoms with Crippen LogP contribution in [-0.2, 0) is 23.8 Å². The molecule has 2 heterocycles. The van der Waals surface area contributed by atoms with E-state index in [1.165, 1.54) is 6.08 Å². The van der Waals surface area contributed by atoms with Gasteiger partial charge in [0.25, 0.3) is 0 Å². The molecule has 2 aliphatic carbocycles. The fraction of sp³-hybridized carbons (Fsp3) is 0.684. The summed E-state index contributed by atoms with van der Waals surface area (Å²) in [7, 11) is 0. The largest absolute Gasteiger partial charge is 0.456 e. The lowest BCUT2D eigenvalue weighted by Gasteiger charge is -2.56. The lowest BCUT2D eigenvalue weighted by atomic mass is 9.52. The number of esters is 1. The Kier molecular flexibility index (Phi) is 3.40. The van der Waals surface area contributed by atoms with E-state index in [4.69, 9.17) is 14.2 Å². The molecule has 136 valence electrons. The van der Waals surface area contributed by atoms with Gasteiger partial charge in [0.1, 0.15) is 23.9 Å². The summed E-state index contributed by atoms with van der Waals surface area (Å²) in [6.07, 6.45) is 2.36. The van der Waals surface area contributed by atoms with Crippen LogP contribution in [0.4, 0.5) is 0 Å². The number of ether oxygens (including phenoxy) is 3. The molecule has 6 nitrogen and oxygen atoms in total. The summed E-state index contributed by atoms with van der Waals surface area (Å²) in [6, 6.07) is 0. The van der Waals surface area contributed by atoms with Crippen LogP contribution in [-0.4, -0.2) is 53.5 Å². The first-order valence-corrected chi connectivity index (χ1v) is 8.74. The second kappa shape index (κ2) is 5.02. The third kappa shape index (κ3) is 1.85. The van der Waals surface area contributed by atoms with Crippen LogP contribution in [0.5, 0.6) is 0 Å². The molecule has 0 amide bonds. The van der Waals surface area contributed by atoms with Crippen molar-refractivity contribution in [3.63, 3.8) is 0 Å². The van der Waals surface area contributed by atoms with Crippen LogP contribution in [0.3, 0.4) is 0 Å². The summed E-state index contributed by atoms with van der Waals surface area (Å²) in [5.74, 6) is -0.456. The van der Waals surface area contributed by atoms with Crippen LogP contribution in [0.2, 0.25) is 0 Å². The van der Waals surface area contributed by atoms with Gasteiger partial charge >= 0.3 is 5.97 Å². The Hall–Kier alpha value is -1.50. The van der Waals surface area contributed by atoms with Crippen molar-refractivity contribution in [2.45, 2.75) is 64.1 Å². The Morgan fingerprint density at radius 1 is 1.44 bits per heavy atom. The van der Waals surface area contributed by atoms with E-state index in [9.17, 15) is 14.7 Å². The van der Waals surface area contributed by atoms with Gasteiger partial charge in [0.15, 0.2) is 5.78 Å². The molecule has 6 heteroatoms. The minimum atomic E-state index is -0.993. The van der Waals surface area contributed by atoms with E-state index in [0.29, 0.717) is 12.2 Å². The summed E-state index contributed by atoms with van der Waals surface area (Å²) in [5.41, 5.74) is -1.39. The molecule has 4 rings (SSSR count). The quantitative estimate of drug-likeness (QED) is 0.460. The van der Waals surface area contributed by atoms with Crippen molar-refractivity contribution in [1.82, 2.24) is 0 Å². The zero-order valence-electron chi connectivity index (χ0n) is 14.9. The number of carbonyl (C=O) groups excluding carboxylic acids is 2. The number of ketones is 1. The van der Waals surface area contributed by atoms with Gasteiger partial charge in [-0.2, -0.15) is 0 Å². The molecule has 4 aliphatic rings. The number of rotatable bonds is 2. The zero-order valence-corrected chi connectivity index (χ0v) is 14.9. The molecule has 0 aromatic heterocycles. The number of fused-ring (bicyclic) bond motifs is 2. The lowest BCUT2D eigenvalue weighted by Crippen LogP contribution is -2.64. The first-order valence-electron chi connectivity index (χ1n) is 8.74. The van der Waals surface area contributed by atoms with Gasteiger partial charge < -0.3 is 19.3 Å². The number of aliphatic hydroxyl groups excluding tert-OH is 1. The van der Waals surface area contributed by atoms with Crippen molar-refractivity contribution in [3.05, 3.63) is 23.8 Å². The molecule has 2 bridgehead atoms. The van der Waals surface area contributed by atoms with Crippen LogP contribution in [0.1, 0.15) is 34.1 Å². The standard InChI is InChI=1S/C19H24O6/c1-5-6-13(21)25-15-14(22)16-19(9-23-19)18(15,4)17(3)8-11(20)10(2)7-12(17)24-16/h5-7,12,14-16,22H,8-9H2,1-4H3/b6-5-/t12?,14-,15-,16-,17+,18-,19+/m1/s1. The van der Waals surface area contributed by atoms with E-state index in [1.807, 2.05) is 19.9 Å². The minimum Gasteiger partial charge on any atom is -0.456 e. The minimum absolute atomic E-state index is 0.0535. The fourth-order valence-corrected chi connectivity index (χ4v) is 5.25. The van der Waals surface area contributed by atoms with E-state index >= 15 is 0 Å². The second-order valence-electron chi connectivity index (χ2n) is 8.07. The summed E-state index contributed by atoms with van der Waals surface area (Å²) in [5, 5.41) is 10.9. The van der Waals surface area contributed by atoms with Crippen LogP contribution >= 0.6 is 0 Å². The molecular formula is C19H24O6. The molecule has 2 saturated heterocycles. The van der Waals surface area contributed by atoms with Crippen molar-refractivity contribution in [2.75, 3.05) is 6.61 Å². The normalized spacial score (nSPS) is 50.8. The van der Waals surface area contributed by atoms with Crippen LogP contribution in [0.25, 0.3) is 0 Å². The van der Waals surface area contributed by atoms with Crippen LogP contribution in [0.15, 0.2) is 23.8 Å². The second-order valence-corrected chi connectivity index (χ2v) is 8.07. The Bertz CT molecular complexity index is 705. The number of epoxide rings is 1. The molecule has 1 spiro atoms. The van der Waals surface area contributed by atoms with Crippen molar-refractivity contribution in [2.24, 2.45) is 10.8 Å². The fourth-order valence-electron chi connectivity index (χ4n) is 5.25. The maximum Gasteiger partial charge on any atom is 0.330 e. The highest BCUT2D eigenvalue weighted by Gasteiger charge is 2.84. The number of hydrogen-bond acceptors (Lipinski definition) is 6. The third-order valence-electron chi connectivity index (χ3n) is 7.01. The van der Waals surface area contributed by atoms with Crippen molar-refractivity contribution in [3.8, 4) is 0 Å². The van der Waals surface area contributed by atoms with E-state index in [-0.39, 0.29) is 18.3 Å². The van der Waals surface area contributed by atoms with E-state index in [2.05, 4.69) is 0 Å². The highest BCUT2D eigenvalue weighted by Crippen LogP contribution is 2.71. The number of hydrogen-bond donors (Lipinski definition) is 1. The molecule has 0 radical (unpaired) electrons. The molecular weight excluding hydrogens is 324 g/mol. The average Bonchev–Trinajstić information content (AvgIpc) is 3.32. The number of allylic oxidation sites excluding steroid dienone is 2. The number of Topliss-reactive ketones (excluding diaryl/α,β-unsaturated/α-hetero) is 1. The zero-order chi connectivity index (χ0) is 18.2. The molecule has 7 atom stereocenters. The predicted octanol–water partition coefficient (Wildman–Crippen LogP) is 1.32. The van der Waals surface area contributed by atoms with Crippen molar-refractivity contribution in [1.29, 1.82) is 0 Å². The van der Waals surface area contributed by atoms with E-state index < -0.39 is 40.7 Å². The first kappa shape index (κ1) is 16.9. The summed E-state index contributed by atoms with van der Waals surface area (Å²) < 4.78 is 17.7. The van der Waals surface area contributed by atoms with Crippen molar-refractivity contribution >= 4 is 11.8 Å². The molecule has 3 fully saturated rings. The van der Waals surface area contributed by atoms with Gasteiger partial charge in [0, 0.05) is 23.3 Å². The summed E-state index contributed by atoms with van der Waals surface area (Å²) >= 11 is 0. The summed E-state index contributed by atoms with van der Waals surface area (Å²) in [6.45, 7) is 7.89. The predicted molar refractivity (Wildman–Crippen MR) is 87.6 cm³/mol. The van der Waals surface area contributed by atoms with E-state index in [1.54, 1.807) is 19.9 Å². The van der Waals surface area contributed by atoms with Gasteiger partial charge in [-0.25, -0.2) is 4.79 Å². The maximum atomic E-state index is 12.5. The van der Waals surface area contributed by atoms with Crippen LogP contribution < -0.4 is 0 Å². The molecule has 0 aromatic rings. The van der Waals surface area contributed by atoms with Gasteiger partial charge in [-0.1, -0.05) is 19.9 Å². The van der Waals surface area contributed by atoms with Gasteiger partial charge in [-0.05, 0) is 25.5 Å². The monoisotopic (exact) mass is 348 g/mol. The van der Waals surface area contributed by atoms with Crippen LogP contribution in [0, 0.1) is 10.8 Å². The third-order valence-corrected chi connectivity index (χ3v) is 7.01. The Labute approximate surface area is 146 Å². The van der Waals surface area contributed by atoms with Gasteiger partial charge in [0.2, 0.25) is 0 Å². The lowest BCUT2D eigenvalue weighted by molar-refractivity contribution is -0.209. The Morgan fingerprint density at radius 3 is 2.72 bits per heavy atom. The molecule has 1 N–H and O–H groups in total. The molecule has 0 aromatic carbocycles. The van der Waals surface area contributed by atoms with Gasteiger partial charge in [-0.3, -0.25) is 4.79 Å². The van der Waals surface area contributed by atoms with Crippen molar-refractivity contribution < 1.29 is 28.9 Å².